The first-order valence-electron chi connectivity index (χ1n) is 13.5. The number of Topliss-reactive ketones (excluding diaryl/α,β-unsaturated/α-hetero) is 1. The standard InChI is InChI=1S/C30H35N3O9/c1-18-11-21(12-19(2)29(18)42-3)25(36)10-6-7-20-14-32(27(38)17-35)23-8-4-5-9-24(23)33(30(20)41)15-26(37)31-22(16-34)13-28(39)40/h4-5,8-9,11-12,16,20,22,35H,6-7,10,13-15,17H2,1-3H3,(H,31,37)(H,39,40)/t20?,22-/m0/s1. The van der Waals surface area contributed by atoms with Crippen LogP contribution in [-0.2, 0) is 24.0 Å². The van der Waals surface area contributed by atoms with Crippen LogP contribution in [0.25, 0.3) is 0 Å². The van der Waals surface area contributed by atoms with Crippen LogP contribution in [0, 0.1) is 19.8 Å². The van der Waals surface area contributed by atoms with Gasteiger partial charge in [0.05, 0.1) is 36.9 Å². The van der Waals surface area contributed by atoms with Crippen molar-refractivity contribution in [1.82, 2.24) is 5.32 Å². The van der Waals surface area contributed by atoms with Crippen molar-refractivity contribution in [3.05, 3.63) is 53.1 Å². The summed E-state index contributed by atoms with van der Waals surface area (Å²) in [6.07, 6.45) is 0.325. The van der Waals surface area contributed by atoms with E-state index in [4.69, 9.17) is 9.84 Å². The van der Waals surface area contributed by atoms with Gasteiger partial charge in [-0.15, -0.1) is 0 Å². The molecule has 3 N–H and O–H groups in total. The molecule has 2 atom stereocenters. The second kappa shape index (κ2) is 14.4. The van der Waals surface area contributed by atoms with Gasteiger partial charge in [0.25, 0.3) is 5.91 Å². The number of ketones is 1. The first-order valence-corrected chi connectivity index (χ1v) is 13.5. The third-order valence-corrected chi connectivity index (χ3v) is 7.07. The largest absolute Gasteiger partial charge is 0.496 e. The average molecular weight is 582 g/mol. The van der Waals surface area contributed by atoms with Crippen LogP contribution < -0.4 is 19.9 Å². The van der Waals surface area contributed by atoms with E-state index in [1.54, 1.807) is 43.5 Å². The zero-order chi connectivity index (χ0) is 31.0. The highest BCUT2D eigenvalue weighted by atomic mass is 16.5. The fraction of sp³-hybridized carbons (Fsp3) is 0.400. The van der Waals surface area contributed by atoms with Crippen LogP contribution >= 0.6 is 0 Å². The Bertz CT molecular complexity index is 1350. The van der Waals surface area contributed by atoms with Crippen LogP contribution in [0.3, 0.4) is 0 Å². The van der Waals surface area contributed by atoms with Gasteiger partial charge in [-0.1, -0.05) is 12.1 Å². The van der Waals surface area contributed by atoms with Gasteiger partial charge in [-0.2, -0.15) is 0 Å². The number of aliphatic carboxylic acids is 1. The number of nitrogens with one attached hydrogen (secondary N) is 1. The van der Waals surface area contributed by atoms with Gasteiger partial charge in [-0.05, 0) is 62.1 Å². The molecule has 42 heavy (non-hydrogen) atoms. The van der Waals surface area contributed by atoms with Gasteiger partial charge in [0.2, 0.25) is 11.8 Å². The van der Waals surface area contributed by atoms with Crippen molar-refractivity contribution >= 4 is 47.1 Å². The quantitative estimate of drug-likeness (QED) is 0.236. The second-order valence-electron chi connectivity index (χ2n) is 10.1. The normalized spacial score (nSPS) is 15.3. The molecule has 0 aromatic heterocycles. The first-order chi connectivity index (χ1) is 20.0. The number of anilines is 2. The van der Waals surface area contributed by atoms with Crippen LogP contribution in [0.5, 0.6) is 5.75 Å². The number of hydrogen-bond donors (Lipinski definition) is 3. The molecule has 0 saturated carbocycles. The zero-order valence-corrected chi connectivity index (χ0v) is 23.8. The predicted octanol–water partition coefficient (Wildman–Crippen LogP) is 1.81. The van der Waals surface area contributed by atoms with E-state index in [1.165, 1.54) is 9.80 Å². The molecular formula is C30H35N3O9. The number of hydrogen-bond acceptors (Lipinski definition) is 8. The highest BCUT2D eigenvalue weighted by Gasteiger charge is 2.36. The van der Waals surface area contributed by atoms with Crippen molar-refractivity contribution in [2.75, 3.05) is 36.6 Å². The topological polar surface area (TPSA) is 171 Å². The Labute approximate surface area is 243 Å². The van der Waals surface area contributed by atoms with Gasteiger partial charge < -0.3 is 34.9 Å². The number of para-hydroxylation sites is 2. The van der Waals surface area contributed by atoms with Gasteiger partial charge in [0.1, 0.15) is 25.2 Å². The fourth-order valence-corrected chi connectivity index (χ4v) is 5.16. The Morgan fingerprint density at radius 2 is 1.76 bits per heavy atom. The smallest absolute Gasteiger partial charge is 0.305 e. The van der Waals surface area contributed by atoms with Crippen molar-refractivity contribution in [2.45, 2.75) is 45.6 Å². The van der Waals surface area contributed by atoms with Crippen LogP contribution in [0.4, 0.5) is 11.4 Å². The van der Waals surface area contributed by atoms with Crippen LogP contribution in [0.15, 0.2) is 36.4 Å². The number of aldehydes is 1. The van der Waals surface area contributed by atoms with Crippen molar-refractivity contribution in [1.29, 1.82) is 0 Å². The van der Waals surface area contributed by atoms with Crippen molar-refractivity contribution < 1.29 is 43.7 Å². The van der Waals surface area contributed by atoms with Gasteiger partial charge in [0.15, 0.2) is 5.78 Å². The summed E-state index contributed by atoms with van der Waals surface area (Å²) in [5.41, 5.74) is 2.71. The number of carbonyl (C=O) groups is 6. The third-order valence-electron chi connectivity index (χ3n) is 7.07. The summed E-state index contributed by atoms with van der Waals surface area (Å²) < 4.78 is 5.37. The first kappa shape index (κ1) is 31.9. The fourth-order valence-electron chi connectivity index (χ4n) is 5.16. The molecule has 2 aromatic rings. The number of aryl methyl sites for hydroxylation is 2. The maximum atomic E-state index is 13.8. The minimum absolute atomic E-state index is 0.0850. The molecular weight excluding hydrogens is 546 g/mol. The molecule has 0 radical (unpaired) electrons. The van der Waals surface area contributed by atoms with Gasteiger partial charge >= 0.3 is 5.97 Å². The lowest BCUT2D eigenvalue weighted by molar-refractivity contribution is -0.139. The maximum absolute atomic E-state index is 13.8. The molecule has 0 bridgehead atoms. The number of aliphatic hydroxyl groups excluding tert-OH is 1. The number of methoxy groups -OCH3 is 1. The van der Waals surface area contributed by atoms with E-state index < -0.39 is 55.2 Å². The van der Waals surface area contributed by atoms with Crippen molar-refractivity contribution in [2.24, 2.45) is 5.92 Å². The van der Waals surface area contributed by atoms with Crippen LogP contribution in [0.2, 0.25) is 0 Å². The summed E-state index contributed by atoms with van der Waals surface area (Å²) in [6.45, 7) is 2.27. The molecule has 2 aromatic carbocycles. The highest BCUT2D eigenvalue weighted by Crippen LogP contribution is 2.35. The molecule has 0 aliphatic carbocycles. The summed E-state index contributed by atoms with van der Waals surface area (Å²) in [7, 11) is 1.56. The van der Waals surface area contributed by atoms with Crippen LogP contribution in [0.1, 0.15) is 47.2 Å². The second-order valence-corrected chi connectivity index (χ2v) is 10.1. The van der Waals surface area contributed by atoms with E-state index in [0.717, 1.165) is 11.1 Å². The molecule has 0 spiro atoms. The van der Waals surface area contributed by atoms with Gasteiger partial charge in [-0.3, -0.25) is 24.0 Å². The number of carboxylic acid groups (broad SMARTS) is 1. The summed E-state index contributed by atoms with van der Waals surface area (Å²) >= 11 is 0. The number of aliphatic hydroxyl groups is 1. The molecule has 1 unspecified atom stereocenters. The van der Waals surface area contributed by atoms with E-state index in [0.29, 0.717) is 29.7 Å². The van der Waals surface area contributed by atoms with Crippen molar-refractivity contribution in [3.63, 3.8) is 0 Å². The average Bonchev–Trinajstić information content (AvgIpc) is 3.06. The Hall–Kier alpha value is -4.58. The van der Waals surface area contributed by atoms with E-state index in [-0.39, 0.29) is 30.9 Å². The Morgan fingerprint density at radius 1 is 1.12 bits per heavy atom. The number of ether oxygens (including phenoxy) is 1. The lowest BCUT2D eigenvalue weighted by Gasteiger charge is -2.25. The lowest BCUT2D eigenvalue weighted by Crippen LogP contribution is -2.47. The summed E-state index contributed by atoms with van der Waals surface area (Å²) in [6, 6.07) is 8.61. The summed E-state index contributed by atoms with van der Waals surface area (Å²) in [4.78, 5) is 77.1. The minimum Gasteiger partial charge on any atom is -0.496 e. The zero-order valence-electron chi connectivity index (χ0n) is 23.8. The highest BCUT2D eigenvalue weighted by molar-refractivity contribution is 6.08. The van der Waals surface area contributed by atoms with Crippen LogP contribution in [-0.4, -0.2) is 78.8 Å². The lowest BCUT2D eigenvalue weighted by atomic mass is 9.95. The molecule has 3 rings (SSSR count). The molecule has 224 valence electrons. The predicted molar refractivity (Wildman–Crippen MR) is 153 cm³/mol. The molecule has 12 nitrogen and oxygen atoms in total. The summed E-state index contributed by atoms with van der Waals surface area (Å²) in [5.74, 6) is -3.42. The minimum atomic E-state index is -1.29. The molecule has 1 aliphatic heterocycles. The number of nitrogens with zero attached hydrogens (tertiary/aromatic N) is 2. The molecule has 1 heterocycles. The molecule has 0 fully saturated rings. The number of amides is 3. The Morgan fingerprint density at radius 3 is 2.33 bits per heavy atom. The molecule has 3 amide bonds. The monoisotopic (exact) mass is 581 g/mol. The number of benzene rings is 2. The van der Waals surface area contributed by atoms with E-state index >= 15 is 0 Å². The molecule has 0 saturated heterocycles. The number of rotatable bonds is 13. The Kier molecular flexibility index (Phi) is 10.9. The molecule has 1 aliphatic rings. The number of fused-ring (bicyclic) bond motifs is 1. The van der Waals surface area contributed by atoms with Gasteiger partial charge in [-0.25, -0.2) is 0 Å². The SMILES string of the molecule is COc1c(C)cc(C(=O)CCCC2CN(C(=O)CO)c3ccccc3N(CC(=O)N[C@H](C=O)CC(=O)O)C2=O)cc1C. The number of carboxylic acids is 1. The third kappa shape index (κ3) is 7.58. The Balaban J connectivity index is 1.84. The van der Waals surface area contributed by atoms with E-state index in [1.807, 2.05) is 13.8 Å². The summed E-state index contributed by atoms with van der Waals surface area (Å²) in [5, 5.41) is 20.9. The molecule has 12 heteroatoms. The van der Waals surface area contributed by atoms with Gasteiger partial charge in [0, 0.05) is 18.5 Å². The number of carbonyl (C=O) groups excluding carboxylic acids is 5. The van der Waals surface area contributed by atoms with Crippen molar-refractivity contribution in [3.8, 4) is 5.75 Å². The van der Waals surface area contributed by atoms with E-state index in [9.17, 15) is 33.9 Å². The van der Waals surface area contributed by atoms with E-state index in [2.05, 4.69) is 5.32 Å². The maximum Gasteiger partial charge on any atom is 0.305 e.